The molecule has 0 atom stereocenters. The number of aliphatic hydroxyl groups is 4. The Hall–Kier alpha value is -4.59. The van der Waals surface area contributed by atoms with Crippen LogP contribution in [-0.4, -0.2) is 107 Å². The summed E-state index contributed by atoms with van der Waals surface area (Å²) in [6, 6.07) is 14.7. The number of hydrogen-bond acceptors (Lipinski definition) is 13. The summed E-state index contributed by atoms with van der Waals surface area (Å²) in [6.45, 7) is 1.72. The van der Waals surface area contributed by atoms with Crippen LogP contribution in [0, 0.1) is 0 Å². The molecule has 1 aliphatic rings. The molecular weight excluding hydrogens is 656 g/mol. The van der Waals surface area contributed by atoms with Crippen LogP contribution in [0.2, 0.25) is 0 Å². The molecule has 278 valence electrons. The number of rotatable bonds is 16. The third kappa shape index (κ3) is 33.3. The normalized spacial score (nSPS) is 11.2. The molecule has 1 fully saturated rings. The Morgan fingerprint density at radius 1 is 0.660 bits per heavy atom. The fourth-order valence-corrected chi connectivity index (χ4v) is 3.53. The van der Waals surface area contributed by atoms with E-state index in [-0.39, 0.29) is 45.2 Å². The third-order valence-electron chi connectivity index (χ3n) is 5.99. The topological polar surface area (TPSA) is 250 Å². The highest BCUT2D eigenvalue weighted by atomic mass is 16.5. The number of unbranched alkanes of at least 4 members (excludes halogenated alkanes) is 2. The van der Waals surface area contributed by atoms with E-state index in [2.05, 4.69) is 14.7 Å². The predicted octanol–water partition coefficient (Wildman–Crippen LogP) is 3.77. The molecule has 0 radical (unpaired) electrons. The molecule has 2 aromatic carbocycles. The molecule has 1 saturated heterocycles. The molecule has 3 rings (SSSR count). The van der Waals surface area contributed by atoms with Gasteiger partial charge in [-0.3, -0.25) is 14.4 Å². The first-order valence-electron chi connectivity index (χ1n) is 16.1. The zero-order valence-corrected chi connectivity index (χ0v) is 28.3. The van der Waals surface area contributed by atoms with Gasteiger partial charge in [0, 0.05) is 32.5 Å². The maximum atomic E-state index is 10.5. The Kier molecular flexibility index (Phi) is 33.9. The molecule has 0 spiro atoms. The van der Waals surface area contributed by atoms with Crippen LogP contribution in [0.1, 0.15) is 75.3 Å². The molecule has 6 N–H and O–H groups in total. The molecule has 1 heterocycles. The summed E-state index contributed by atoms with van der Waals surface area (Å²) >= 11 is 0. The van der Waals surface area contributed by atoms with Gasteiger partial charge in [-0.25, -0.2) is 9.59 Å². The molecule has 50 heavy (non-hydrogen) atoms. The van der Waals surface area contributed by atoms with Crippen molar-refractivity contribution < 1.29 is 64.1 Å². The van der Waals surface area contributed by atoms with Crippen LogP contribution in [-0.2, 0) is 39.9 Å². The van der Waals surface area contributed by atoms with Crippen LogP contribution in [0.4, 0.5) is 11.4 Å². The van der Waals surface area contributed by atoms with Crippen LogP contribution in [0.25, 0.3) is 0 Å². The number of aliphatic imine (C=N–C) groups is 2. The van der Waals surface area contributed by atoms with Gasteiger partial charge in [0.15, 0.2) is 0 Å². The highest BCUT2D eigenvalue weighted by Gasteiger charge is 2.05. The van der Waals surface area contributed by atoms with Crippen molar-refractivity contribution in [2.75, 3.05) is 46.2 Å². The van der Waals surface area contributed by atoms with Crippen molar-refractivity contribution in [3.63, 3.8) is 0 Å². The summed E-state index contributed by atoms with van der Waals surface area (Å²) in [5.74, 6) is -1.77. The van der Waals surface area contributed by atoms with E-state index in [1.807, 2.05) is 24.3 Å². The van der Waals surface area contributed by atoms with Crippen molar-refractivity contribution in [3.8, 4) is 0 Å². The lowest BCUT2D eigenvalue weighted by atomic mass is 10.0. The maximum Gasteiger partial charge on any atom is 0.305 e. The lowest BCUT2D eigenvalue weighted by molar-refractivity contribution is -0.142. The second-order valence-electron chi connectivity index (χ2n) is 10.2. The summed E-state index contributed by atoms with van der Waals surface area (Å²) in [7, 11) is 0. The minimum Gasteiger partial charge on any atom is -0.481 e. The smallest absolute Gasteiger partial charge is 0.305 e. The Morgan fingerprint density at radius 2 is 1.10 bits per heavy atom. The number of ether oxygens (including phenoxy) is 2. The number of carboxylic acid groups (broad SMARTS) is 2. The molecule has 2 aromatic rings. The number of carboxylic acids is 2. The SMILES string of the molecule is O=C(O)CCCCC(=O)O.O=C1CCCCCO1.O=C=Nc1ccc(Cc2ccc(N=C=O)cc2)cc1.OCCCCO.OCCOCCO. The Labute approximate surface area is 291 Å². The van der Waals surface area contributed by atoms with Crippen LogP contribution >= 0.6 is 0 Å². The van der Waals surface area contributed by atoms with Gasteiger partial charge in [-0.2, -0.15) is 9.98 Å². The minimum absolute atomic E-state index is 0.0255. The zero-order valence-electron chi connectivity index (χ0n) is 28.3. The number of carbonyl (C=O) groups is 3. The van der Waals surface area contributed by atoms with E-state index in [0.717, 1.165) is 49.7 Å². The van der Waals surface area contributed by atoms with Crippen molar-refractivity contribution in [2.24, 2.45) is 9.98 Å². The number of benzene rings is 2. The van der Waals surface area contributed by atoms with Crippen LogP contribution in [0.15, 0.2) is 58.5 Å². The fraction of sp³-hybridized carbons (Fsp3) is 0.514. The average molecular weight is 707 g/mol. The highest BCUT2D eigenvalue weighted by molar-refractivity contribution is 5.69. The Morgan fingerprint density at radius 3 is 1.46 bits per heavy atom. The Bertz CT molecular complexity index is 1150. The molecule has 0 bridgehead atoms. The summed E-state index contributed by atoms with van der Waals surface area (Å²) in [5.41, 5.74) is 3.40. The summed E-state index contributed by atoms with van der Waals surface area (Å²) in [4.78, 5) is 57.5. The number of hydrogen-bond donors (Lipinski definition) is 6. The molecular formula is C35H50N2O13. The first-order valence-corrected chi connectivity index (χ1v) is 16.1. The monoisotopic (exact) mass is 706 g/mol. The highest BCUT2D eigenvalue weighted by Crippen LogP contribution is 2.18. The van der Waals surface area contributed by atoms with Gasteiger partial charge in [0.25, 0.3) is 0 Å². The summed E-state index contributed by atoms with van der Waals surface area (Å²) in [5, 5.41) is 48.6. The van der Waals surface area contributed by atoms with Gasteiger partial charge in [-0.15, -0.1) is 0 Å². The van der Waals surface area contributed by atoms with Crippen molar-refractivity contribution in [1.82, 2.24) is 0 Å². The van der Waals surface area contributed by atoms with Crippen molar-refractivity contribution in [2.45, 2.75) is 70.6 Å². The van der Waals surface area contributed by atoms with Crippen LogP contribution in [0.3, 0.4) is 0 Å². The van der Waals surface area contributed by atoms with E-state index in [0.29, 0.717) is 50.5 Å². The summed E-state index contributed by atoms with van der Waals surface area (Å²) < 4.78 is 9.40. The molecule has 0 aliphatic carbocycles. The number of nitrogens with zero attached hydrogens (tertiary/aromatic N) is 2. The van der Waals surface area contributed by atoms with E-state index in [4.69, 9.17) is 35.4 Å². The Balaban J connectivity index is 0. The maximum absolute atomic E-state index is 10.5. The first kappa shape index (κ1) is 47.5. The van der Waals surface area contributed by atoms with E-state index in [1.54, 1.807) is 24.3 Å². The van der Waals surface area contributed by atoms with Gasteiger partial charge < -0.3 is 40.1 Å². The van der Waals surface area contributed by atoms with Crippen molar-refractivity contribution in [1.29, 1.82) is 0 Å². The van der Waals surface area contributed by atoms with Gasteiger partial charge >= 0.3 is 17.9 Å². The molecule has 1 aliphatic heterocycles. The number of isocyanates is 2. The van der Waals surface area contributed by atoms with Crippen LogP contribution in [0.5, 0.6) is 0 Å². The summed E-state index contributed by atoms with van der Waals surface area (Å²) in [6.07, 6.45) is 10.1. The lowest BCUT2D eigenvalue weighted by Gasteiger charge is -2.02. The number of aliphatic carboxylic acids is 2. The number of esters is 1. The third-order valence-corrected chi connectivity index (χ3v) is 5.99. The largest absolute Gasteiger partial charge is 0.481 e. The van der Waals surface area contributed by atoms with Gasteiger partial charge in [-0.1, -0.05) is 24.3 Å². The van der Waals surface area contributed by atoms with E-state index in [1.165, 1.54) is 12.2 Å². The molecule has 0 saturated carbocycles. The van der Waals surface area contributed by atoms with Crippen LogP contribution < -0.4 is 0 Å². The second kappa shape index (κ2) is 35.7. The standard InChI is InChI=1S/C15H10N2O2.C6H10O4.C6H10O2.C4H10O3.C4H10O2/c18-10-16-14-5-1-12(2-6-14)9-13-3-7-15(8-4-13)17-11-19;7-5(8)3-1-2-4-6(9)10;7-6-4-2-1-3-5-8-6;5-1-3-7-4-2-6;5-3-1-2-4-6/h1-8H,9H2;1-4H2,(H,7,8)(H,9,10);1-5H2;5-6H,1-4H2;5-6H,1-4H2. The molecule has 0 amide bonds. The van der Waals surface area contributed by atoms with E-state index in [9.17, 15) is 24.0 Å². The molecule has 0 unspecified atom stereocenters. The second-order valence-corrected chi connectivity index (χ2v) is 10.2. The number of aliphatic hydroxyl groups excluding tert-OH is 4. The van der Waals surface area contributed by atoms with E-state index >= 15 is 0 Å². The van der Waals surface area contributed by atoms with Crippen molar-refractivity contribution >= 4 is 41.4 Å². The van der Waals surface area contributed by atoms with E-state index < -0.39 is 11.9 Å². The van der Waals surface area contributed by atoms with Crippen molar-refractivity contribution in [3.05, 3.63) is 59.7 Å². The molecule has 15 nitrogen and oxygen atoms in total. The van der Waals surface area contributed by atoms with Gasteiger partial charge in [0.2, 0.25) is 12.2 Å². The number of carbonyl (C=O) groups excluding carboxylic acids is 3. The van der Waals surface area contributed by atoms with Gasteiger partial charge in [0.05, 0.1) is 44.4 Å². The molecule has 15 heteroatoms. The minimum atomic E-state index is -0.870. The first-order chi connectivity index (χ1) is 24.2. The predicted molar refractivity (Wildman–Crippen MR) is 183 cm³/mol. The number of cyclic esters (lactones) is 1. The quantitative estimate of drug-likeness (QED) is 0.0630. The zero-order chi connectivity index (χ0) is 37.7. The van der Waals surface area contributed by atoms with Gasteiger partial charge in [-0.05, 0) is 86.8 Å². The van der Waals surface area contributed by atoms with Gasteiger partial charge in [0.1, 0.15) is 0 Å². The fourth-order valence-electron chi connectivity index (χ4n) is 3.53. The molecule has 0 aromatic heterocycles. The lowest BCUT2D eigenvalue weighted by Crippen LogP contribution is -2.03. The average Bonchev–Trinajstić information content (AvgIpc) is 3.36.